The topological polar surface area (TPSA) is 42.4 Å². The number of hydrogen-bond acceptors (Lipinski definition) is 3. The predicted molar refractivity (Wildman–Crippen MR) is 94.7 cm³/mol. The van der Waals surface area contributed by atoms with E-state index < -0.39 is 0 Å². The van der Waals surface area contributed by atoms with Crippen molar-refractivity contribution in [2.24, 2.45) is 5.41 Å². The number of halogens is 2. The van der Waals surface area contributed by atoms with E-state index in [9.17, 15) is 4.79 Å². The van der Waals surface area contributed by atoms with Crippen LogP contribution in [0.3, 0.4) is 0 Å². The lowest BCUT2D eigenvalue weighted by molar-refractivity contribution is -0.117. The zero-order valence-electron chi connectivity index (χ0n) is 13.3. The number of ether oxygens (including phenoxy) is 1. The maximum absolute atomic E-state index is 11.3. The molecule has 0 spiro atoms. The second-order valence-electron chi connectivity index (χ2n) is 6.40. The van der Waals surface area contributed by atoms with Crippen molar-refractivity contribution in [2.75, 3.05) is 19.7 Å². The highest BCUT2D eigenvalue weighted by Crippen LogP contribution is 2.42. The third-order valence-corrected chi connectivity index (χ3v) is 4.97. The number of nitrogens with zero attached hydrogens (tertiary/aromatic N) is 2. The van der Waals surface area contributed by atoms with Gasteiger partial charge in [-0.05, 0) is 23.8 Å². The monoisotopic (exact) mass is 364 g/mol. The number of aromatic nitrogens is 1. The van der Waals surface area contributed by atoms with Crippen LogP contribution < -0.4 is 4.74 Å². The molecule has 1 amide bonds. The molecular formula is C18H18Cl2N2O2. The van der Waals surface area contributed by atoms with Gasteiger partial charge in [-0.25, -0.2) is 4.98 Å². The lowest BCUT2D eigenvalue weighted by atomic mass is 9.77. The molecule has 2 unspecified atom stereocenters. The van der Waals surface area contributed by atoms with Crippen LogP contribution in [0.1, 0.15) is 18.4 Å². The second kappa shape index (κ2) is 6.99. The van der Waals surface area contributed by atoms with Gasteiger partial charge in [0.15, 0.2) is 0 Å². The SMILES string of the molecule is CC1(COc2ccc(Cl)cn2)CN(C=O)CC1c1ccc(Cl)cc1. The highest BCUT2D eigenvalue weighted by atomic mass is 35.5. The summed E-state index contributed by atoms with van der Waals surface area (Å²) in [6.45, 7) is 3.89. The third kappa shape index (κ3) is 3.65. The first kappa shape index (κ1) is 17.1. The van der Waals surface area contributed by atoms with E-state index in [1.165, 1.54) is 0 Å². The average Bonchev–Trinajstić information content (AvgIpc) is 2.92. The van der Waals surface area contributed by atoms with Gasteiger partial charge in [0.1, 0.15) is 0 Å². The zero-order valence-corrected chi connectivity index (χ0v) is 14.8. The van der Waals surface area contributed by atoms with Gasteiger partial charge in [0.05, 0.1) is 11.6 Å². The number of rotatable bonds is 5. The van der Waals surface area contributed by atoms with E-state index in [0.29, 0.717) is 35.6 Å². The molecule has 2 atom stereocenters. The molecule has 24 heavy (non-hydrogen) atoms. The molecule has 6 heteroatoms. The molecule has 0 aliphatic carbocycles. The van der Waals surface area contributed by atoms with E-state index >= 15 is 0 Å². The highest BCUT2D eigenvalue weighted by Gasteiger charge is 2.44. The lowest BCUT2D eigenvalue weighted by Gasteiger charge is -2.30. The normalized spacial score (nSPS) is 23.3. The third-order valence-electron chi connectivity index (χ3n) is 4.49. The average molecular weight is 365 g/mol. The molecule has 4 nitrogen and oxygen atoms in total. The van der Waals surface area contributed by atoms with Crippen molar-refractivity contribution in [1.82, 2.24) is 9.88 Å². The van der Waals surface area contributed by atoms with Crippen LogP contribution in [-0.2, 0) is 4.79 Å². The number of benzene rings is 1. The summed E-state index contributed by atoms with van der Waals surface area (Å²) in [7, 11) is 0. The van der Waals surface area contributed by atoms with Gasteiger partial charge in [-0.3, -0.25) is 4.79 Å². The van der Waals surface area contributed by atoms with Crippen LogP contribution in [0.25, 0.3) is 0 Å². The maximum Gasteiger partial charge on any atom is 0.213 e. The van der Waals surface area contributed by atoms with E-state index in [-0.39, 0.29) is 11.3 Å². The molecule has 1 aliphatic heterocycles. The fourth-order valence-corrected chi connectivity index (χ4v) is 3.45. The second-order valence-corrected chi connectivity index (χ2v) is 7.27. The van der Waals surface area contributed by atoms with E-state index in [2.05, 4.69) is 11.9 Å². The molecule has 0 N–H and O–H groups in total. The summed E-state index contributed by atoms with van der Waals surface area (Å²) in [6, 6.07) is 11.3. The summed E-state index contributed by atoms with van der Waals surface area (Å²) in [6.07, 6.45) is 2.46. The Labute approximate surface area is 151 Å². The van der Waals surface area contributed by atoms with E-state index in [0.717, 1.165) is 12.0 Å². The number of pyridine rings is 1. The molecule has 1 aromatic heterocycles. The molecule has 2 heterocycles. The summed E-state index contributed by atoms with van der Waals surface area (Å²) in [5, 5.41) is 1.27. The quantitative estimate of drug-likeness (QED) is 0.752. The lowest BCUT2D eigenvalue weighted by Crippen LogP contribution is -2.33. The van der Waals surface area contributed by atoms with Gasteiger partial charge >= 0.3 is 0 Å². The number of carbonyl (C=O) groups is 1. The van der Waals surface area contributed by atoms with Gasteiger partial charge in [-0.1, -0.05) is 42.3 Å². The minimum Gasteiger partial charge on any atom is -0.477 e. The van der Waals surface area contributed by atoms with Crippen molar-refractivity contribution in [3.63, 3.8) is 0 Å². The van der Waals surface area contributed by atoms with Crippen molar-refractivity contribution >= 4 is 29.6 Å². The first-order valence-electron chi connectivity index (χ1n) is 7.69. The van der Waals surface area contributed by atoms with Gasteiger partial charge in [0.2, 0.25) is 12.3 Å². The minimum atomic E-state index is -0.212. The number of carbonyl (C=O) groups excluding carboxylic acids is 1. The molecule has 0 saturated carbocycles. The van der Waals surface area contributed by atoms with Crippen molar-refractivity contribution in [3.8, 4) is 5.88 Å². The Balaban J connectivity index is 1.79. The number of likely N-dealkylation sites (tertiary alicyclic amines) is 1. The van der Waals surface area contributed by atoms with Crippen molar-refractivity contribution in [2.45, 2.75) is 12.8 Å². The summed E-state index contributed by atoms with van der Waals surface area (Å²) < 4.78 is 5.88. The molecule has 0 radical (unpaired) electrons. The number of hydrogen-bond donors (Lipinski definition) is 0. The minimum absolute atomic E-state index is 0.173. The van der Waals surface area contributed by atoms with Gasteiger partial charge < -0.3 is 9.64 Å². The highest BCUT2D eigenvalue weighted by molar-refractivity contribution is 6.30. The van der Waals surface area contributed by atoms with E-state index in [4.69, 9.17) is 27.9 Å². The van der Waals surface area contributed by atoms with Crippen LogP contribution >= 0.6 is 23.2 Å². The first-order chi connectivity index (χ1) is 11.5. The molecule has 3 rings (SSSR count). The maximum atomic E-state index is 11.3. The van der Waals surface area contributed by atoms with Gasteiger partial charge in [0.25, 0.3) is 0 Å². The van der Waals surface area contributed by atoms with Gasteiger partial charge in [0, 0.05) is 41.7 Å². The Bertz CT molecular complexity index is 706. The fraction of sp³-hybridized carbons (Fsp3) is 0.333. The van der Waals surface area contributed by atoms with Crippen molar-refractivity contribution in [3.05, 3.63) is 58.2 Å². The molecule has 126 valence electrons. The molecule has 0 bridgehead atoms. The Morgan fingerprint density at radius 3 is 2.58 bits per heavy atom. The fourth-order valence-electron chi connectivity index (χ4n) is 3.21. The zero-order chi connectivity index (χ0) is 17.2. The van der Waals surface area contributed by atoms with Crippen LogP contribution in [-0.4, -0.2) is 36.0 Å². The number of amides is 1. The van der Waals surface area contributed by atoms with E-state index in [1.54, 1.807) is 23.2 Å². The smallest absolute Gasteiger partial charge is 0.213 e. The van der Waals surface area contributed by atoms with Crippen LogP contribution in [0, 0.1) is 5.41 Å². The Kier molecular flexibility index (Phi) is 4.97. The molecular weight excluding hydrogens is 347 g/mol. The van der Waals surface area contributed by atoms with E-state index in [1.807, 2.05) is 24.3 Å². The molecule has 2 aromatic rings. The Morgan fingerprint density at radius 2 is 1.96 bits per heavy atom. The Morgan fingerprint density at radius 1 is 1.25 bits per heavy atom. The van der Waals surface area contributed by atoms with Crippen LogP contribution in [0.15, 0.2) is 42.6 Å². The molecule has 1 fully saturated rings. The van der Waals surface area contributed by atoms with Gasteiger partial charge in [-0.15, -0.1) is 0 Å². The van der Waals surface area contributed by atoms with Crippen molar-refractivity contribution in [1.29, 1.82) is 0 Å². The summed E-state index contributed by atoms with van der Waals surface area (Å²) in [5.41, 5.74) is 0.940. The van der Waals surface area contributed by atoms with Crippen LogP contribution in [0.4, 0.5) is 0 Å². The molecule has 1 aliphatic rings. The van der Waals surface area contributed by atoms with Crippen LogP contribution in [0.2, 0.25) is 10.0 Å². The molecule has 1 saturated heterocycles. The van der Waals surface area contributed by atoms with Crippen LogP contribution in [0.5, 0.6) is 5.88 Å². The summed E-state index contributed by atoms with van der Waals surface area (Å²) in [4.78, 5) is 17.2. The van der Waals surface area contributed by atoms with Gasteiger partial charge in [-0.2, -0.15) is 0 Å². The largest absolute Gasteiger partial charge is 0.477 e. The molecule has 1 aromatic carbocycles. The Hall–Kier alpha value is -1.78. The summed E-state index contributed by atoms with van der Waals surface area (Å²) >= 11 is 11.8. The van der Waals surface area contributed by atoms with Crippen molar-refractivity contribution < 1.29 is 9.53 Å². The first-order valence-corrected chi connectivity index (χ1v) is 8.45. The standard InChI is InChI=1S/C18H18Cl2N2O2/c1-18(11-24-17-7-6-15(20)8-21-17)10-22(12-23)9-16(18)13-2-4-14(19)5-3-13/h2-8,12,16H,9-11H2,1H3. The predicted octanol–water partition coefficient (Wildman–Crippen LogP) is 4.03. The summed E-state index contributed by atoms with van der Waals surface area (Å²) in [5.74, 6) is 0.701.